The van der Waals surface area contributed by atoms with E-state index < -0.39 is 33.9 Å². The second-order valence-electron chi connectivity index (χ2n) is 13.6. The van der Waals surface area contributed by atoms with Gasteiger partial charge in [-0.05, 0) is 55.0 Å². The molecule has 1 N–H and O–H groups in total. The summed E-state index contributed by atoms with van der Waals surface area (Å²) < 4.78 is 40.1. The maximum absolute atomic E-state index is 13.4. The molecule has 42 heavy (non-hydrogen) atoms. The van der Waals surface area contributed by atoms with Crippen LogP contribution in [0.25, 0.3) is 0 Å². The lowest BCUT2D eigenvalue weighted by molar-refractivity contribution is -0.139. The van der Waals surface area contributed by atoms with Crippen LogP contribution < -0.4 is 5.19 Å². The third kappa shape index (κ3) is 9.05. The lowest BCUT2D eigenvalue weighted by atomic mass is 9.82. The van der Waals surface area contributed by atoms with Crippen molar-refractivity contribution in [2.75, 3.05) is 6.54 Å². The van der Waals surface area contributed by atoms with E-state index in [1.807, 2.05) is 0 Å². The molecule has 2 aromatic rings. The van der Waals surface area contributed by atoms with Gasteiger partial charge in [0.15, 0.2) is 0 Å². The van der Waals surface area contributed by atoms with Gasteiger partial charge in [0.1, 0.15) is 0 Å². The molecule has 3 rings (SSSR count). The first-order chi connectivity index (χ1) is 19.7. The molecule has 1 heterocycles. The molecule has 0 saturated carbocycles. The molecule has 0 aliphatic carbocycles. The first kappa shape index (κ1) is 34.6. The van der Waals surface area contributed by atoms with Crippen molar-refractivity contribution in [1.82, 2.24) is 4.90 Å². The Morgan fingerprint density at radius 1 is 0.952 bits per heavy atom. The van der Waals surface area contributed by atoms with Crippen molar-refractivity contribution in [3.05, 3.63) is 65.2 Å². The van der Waals surface area contributed by atoms with Crippen molar-refractivity contribution in [1.29, 1.82) is 0 Å². The SMILES string of the molecule is CC[Si](CC)(CC)CCCC[C@H](c1ccc([Si](C)(C)C)cc1)N1CC[C@@H](CC(=O)O)C[C@H]1c1ccc(C(F)(F)F)cc1. The number of piperidine rings is 1. The molecule has 3 nitrogen and oxygen atoms in total. The first-order valence-corrected chi connectivity index (χ1v) is 22.3. The predicted octanol–water partition coefficient (Wildman–Crippen LogP) is 9.90. The topological polar surface area (TPSA) is 40.5 Å². The summed E-state index contributed by atoms with van der Waals surface area (Å²) in [5.41, 5.74) is 1.45. The average Bonchev–Trinajstić information content (AvgIpc) is 2.95. The van der Waals surface area contributed by atoms with Gasteiger partial charge in [-0.25, -0.2) is 0 Å². The van der Waals surface area contributed by atoms with Crippen molar-refractivity contribution in [3.63, 3.8) is 0 Å². The van der Waals surface area contributed by atoms with Crippen molar-refractivity contribution in [2.45, 2.75) is 121 Å². The number of alkyl halides is 3. The molecule has 0 spiro atoms. The molecular weight excluding hydrogens is 568 g/mol. The Bertz CT molecular complexity index is 1120. The third-order valence-corrected chi connectivity index (χ3v) is 18.1. The second kappa shape index (κ2) is 14.7. The first-order valence-electron chi connectivity index (χ1n) is 16.0. The molecule has 0 bridgehead atoms. The van der Waals surface area contributed by atoms with Crippen LogP contribution in [0.2, 0.25) is 43.8 Å². The molecule has 1 fully saturated rings. The van der Waals surface area contributed by atoms with E-state index in [-0.39, 0.29) is 24.4 Å². The number of nitrogens with zero attached hydrogens (tertiary/aromatic N) is 1. The zero-order valence-corrected chi connectivity index (χ0v) is 28.6. The van der Waals surface area contributed by atoms with Crippen LogP contribution in [-0.4, -0.2) is 38.7 Å². The van der Waals surface area contributed by atoms with Crippen LogP contribution in [0.15, 0.2) is 48.5 Å². The minimum atomic E-state index is -4.38. The number of benzene rings is 2. The van der Waals surface area contributed by atoms with Crippen LogP contribution in [0.3, 0.4) is 0 Å². The number of carboxylic acids is 1. The van der Waals surface area contributed by atoms with Gasteiger partial charge in [0.2, 0.25) is 0 Å². The highest BCUT2D eigenvalue weighted by molar-refractivity contribution is 6.88. The van der Waals surface area contributed by atoms with Gasteiger partial charge in [0, 0.05) is 18.5 Å². The number of unbranched alkanes of at least 4 members (excludes halogenated alkanes) is 1. The number of carboxylic acid groups (broad SMARTS) is 1. The smallest absolute Gasteiger partial charge is 0.416 e. The van der Waals surface area contributed by atoms with E-state index >= 15 is 0 Å². The fraction of sp³-hybridized carbons (Fsp3) is 0.618. The molecule has 0 radical (unpaired) electrons. The lowest BCUT2D eigenvalue weighted by Gasteiger charge is -2.44. The third-order valence-electron chi connectivity index (χ3n) is 10.1. The lowest BCUT2D eigenvalue weighted by Crippen LogP contribution is -2.41. The highest BCUT2D eigenvalue weighted by Gasteiger charge is 2.37. The molecular formula is C34H52F3NO2Si2. The molecule has 3 atom stereocenters. The second-order valence-corrected chi connectivity index (χ2v) is 24.3. The standard InChI is InChI=1S/C34H52F3NO2Si2/c1-7-42(8-2,9-3)23-11-10-12-31(27-15-19-30(20-16-27)41(4,5)6)38-22-21-26(25-33(39)40)24-32(38)28-13-17-29(18-14-28)34(35,36)37/h13-20,26,31-32H,7-12,21-25H2,1-6H3,(H,39,40)/t26-,31-,32+/m1/s1. The summed E-state index contributed by atoms with van der Waals surface area (Å²) in [6, 6.07) is 20.0. The summed E-state index contributed by atoms with van der Waals surface area (Å²) in [7, 11) is -2.67. The fourth-order valence-electron chi connectivity index (χ4n) is 6.93. The molecule has 0 aromatic heterocycles. The van der Waals surface area contributed by atoms with Gasteiger partial charge in [0.25, 0.3) is 0 Å². The van der Waals surface area contributed by atoms with Gasteiger partial charge in [-0.3, -0.25) is 9.69 Å². The van der Waals surface area contributed by atoms with Crippen LogP contribution in [-0.2, 0) is 11.0 Å². The maximum atomic E-state index is 13.4. The van der Waals surface area contributed by atoms with E-state index in [2.05, 4.69) is 69.6 Å². The molecule has 8 heteroatoms. The Balaban J connectivity index is 1.95. The maximum Gasteiger partial charge on any atom is 0.416 e. The normalized spacial score (nSPS) is 19.5. The van der Waals surface area contributed by atoms with Gasteiger partial charge >= 0.3 is 12.1 Å². The van der Waals surface area contributed by atoms with Gasteiger partial charge in [-0.15, -0.1) is 0 Å². The van der Waals surface area contributed by atoms with Gasteiger partial charge < -0.3 is 5.11 Å². The van der Waals surface area contributed by atoms with E-state index in [9.17, 15) is 23.1 Å². The van der Waals surface area contributed by atoms with E-state index in [1.54, 1.807) is 12.1 Å². The van der Waals surface area contributed by atoms with Crippen LogP contribution in [0.5, 0.6) is 0 Å². The zero-order chi connectivity index (χ0) is 31.1. The van der Waals surface area contributed by atoms with Crippen molar-refractivity contribution in [2.24, 2.45) is 5.92 Å². The van der Waals surface area contributed by atoms with E-state index in [0.29, 0.717) is 6.42 Å². The van der Waals surface area contributed by atoms with Crippen LogP contribution in [0.1, 0.15) is 88.1 Å². The summed E-state index contributed by atoms with van der Waals surface area (Å²) >= 11 is 0. The number of hydrogen-bond acceptors (Lipinski definition) is 2. The number of aliphatic carboxylic acids is 1. The Morgan fingerprint density at radius 2 is 1.55 bits per heavy atom. The van der Waals surface area contributed by atoms with E-state index in [1.165, 1.54) is 53.5 Å². The summed E-state index contributed by atoms with van der Waals surface area (Å²) in [5.74, 6) is -0.806. The predicted molar refractivity (Wildman–Crippen MR) is 174 cm³/mol. The minimum absolute atomic E-state index is 0.00578. The van der Waals surface area contributed by atoms with Crippen molar-refractivity contribution >= 4 is 27.3 Å². The van der Waals surface area contributed by atoms with Gasteiger partial charge in [-0.2, -0.15) is 13.2 Å². The van der Waals surface area contributed by atoms with Crippen molar-refractivity contribution < 1.29 is 23.1 Å². The summed E-state index contributed by atoms with van der Waals surface area (Å²) in [5, 5.41) is 10.9. The number of halogens is 3. The van der Waals surface area contributed by atoms with Crippen LogP contribution in [0.4, 0.5) is 13.2 Å². The molecule has 1 aliphatic heterocycles. The van der Waals surface area contributed by atoms with Gasteiger partial charge in [-0.1, -0.05) is 119 Å². The molecule has 1 saturated heterocycles. The number of carbonyl (C=O) groups is 1. The average molecular weight is 620 g/mol. The zero-order valence-electron chi connectivity index (χ0n) is 26.6. The van der Waals surface area contributed by atoms with Crippen LogP contribution in [0, 0.1) is 5.92 Å². The van der Waals surface area contributed by atoms with Crippen LogP contribution >= 0.6 is 0 Å². The Labute approximate surface area is 253 Å². The van der Waals surface area contributed by atoms with E-state index in [0.717, 1.165) is 31.4 Å². The Kier molecular flexibility index (Phi) is 12.1. The molecule has 2 aromatic carbocycles. The number of likely N-dealkylation sites (tertiary alicyclic amines) is 1. The molecule has 1 aliphatic rings. The Hall–Kier alpha value is -1.91. The quantitative estimate of drug-likeness (QED) is 0.169. The van der Waals surface area contributed by atoms with Gasteiger partial charge in [0.05, 0.1) is 21.7 Å². The van der Waals surface area contributed by atoms with Crippen molar-refractivity contribution in [3.8, 4) is 0 Å². The number of hydrogen-bond donors (Lipinski definition) is 1. The highest BCUT2D eigenvalue weighted by atomic mass is 28.3. The minimum Gasteiger partial charge on any atom is -0.481 e. The fourth-order valence-corrected chi connectivity index (χ4v) is 11.7. The monoisotopic (exact) mass is 619 g/mol. The molecule has 234 valence electrons. The largest absolute Gasteiger partial charge is 0.481 e. The highest BCUT2D eigenvalue weighted by Crippen LogP contribution is 2.43. The summed E-state index contributed by atoms with van der Waals surface area (Å²) in [4.78, 5) is 14.1. The van der Waals surface area contributed by atoms with E-state index in [4.69, 9.17) is 0 Å². The molecule has 0 unspecified atom stereocenters. The Morgan fingerprint density at radius 3 is 2.05 bits per heavy atom. The number of rotatable bonds is 14. The summed E-state index contributed by atoms with van der Waals surface area (Å²) in [6.07, 6.45) is 0.455. The molecule has 0 amide bonds. The summed E-state index contributed by atoms with van der Waals surface area (Å²) in [6.45, 7) is 14.9.